The van der Waals surface area contributed by atoms with E-state index >= 15 is 0 Å². The fraction of sp³-hybridized carbons (Fsp3) is 0.0909. The van der Waals surface area contributed by atoms with E-state index in [1.165, 1.54) is 20.3 Å². The van der Waals surface area contributed by atoms with E-state index in [9.17, 15) is 9.59 Å². The van der Waals surface area contributed by atoms with E-state index in [1.807, 2.05) is 60.7 Å². The summed E-state index contributed by atoms with van der Waals surface area (Å²) in [6.07, 6.45) is 0. The molecule has 3 aromatic carbocycles. The quantitative estimate of drug-likeness (QED) is 0.453. The van der Waals surface area contributed by atoms with Gasteiger partial charge < -0.3 is 9.47 Å². The van der Waals surface area contributed by atoms with Crippen molar-refractivity contribution in [3.63, 3.8) is 0 Å². The van der Waals surface area contributed by atoms with Gasteiger partial charge >= 0.3 is 11.9 Å². The van der Waals surface area contributed by atoms with Crippen molar-refractivity contribution < 1.29 is 19.1 Å². The van der Waals surface area contributed by atoms with Gasteiger partial charge in [0.15, 0.2) is 0 Å². The van der Waals surface area contributed by atoms with E-state index in [2.05, 4.69) is 19.7 Å². The molecule has 6 heteroatoms. The highest BCUT2D eigenvalue weighted by atomic mass is 16.5. The fourth-order valence-electron chi connectivity index (χ4n) is 2.11. The number of hydrogen-bond acceptors (Lipinski definition) is 6. The Labute approximate surface area is 163 Å². The Hall–Kier alpha value is -3.80. The Kier molecular flexibility index (Phi) is 8.08. The molecule has 28 heavy (non-hydrogen) atoms. The molecular weight excluding hydrogens is 356 g/mol. The topological polar surface area (TPSA) is 77.3 Å². The summed E-state index contributed by atoms with van der Waals surface area (Å²) in [4.78, 5) is 22.2. The smallest absolute Gasteiger partial charge is 0.337 e. The fourth-order valence-corrected chi connectivity index (χ4v) is 2.11. The van der Waals surface area contributed by atoms with Crippen molar-refractivity contribution in [3.05, 3.63) is 96.1 Å². The van der Waals surface area contributed by atoms with Gasteiger partial charge in [0.05, 0.1) is 36.7 Å². The van der Waals surface area contributed by atoms with Crippen LogP contribution in [0.15, 0.2) is 95.2 Å². The van der Waals surface area contributed by atoms with Crippen molar-refractivity contribution in [3.8, 4) is 0 Å². The highest BCUT2D eigenvalue weighted by molar-refractivity contribution is 5.95. The third-order valence-corrected chi connectivity index (χ3v) is 3.50. The molecule has 0 aliphatic carbocycles. The monoisotopic (exact) mass is 376 g/mol. The van der Waals surface area contributed by atoms with E-state index in [0.29, 0.717) is 11.1 Å². The average Bonchev–Trinajstić information content (AvgIpc) is 2.78. The van der Waals surface area contributed by atoms with E-state index in [0.717, 1.165) is 11.4 Å². The Morgan fingerprint density at radius 3 is 1.36 bits per heavy atom. The number of benzene rings is 3. The Balaban J connectivity index is 0.000000200. The van der Waals surface area contributed by atoms with Gasteiger partial charge in [-0.15, -0.1) is 0 Å². The van der Waals surface area contributed by atoms with Crippen LogP contribution in [-0.4, -0.2) is 26.2 Å². The summed E-state index contributed by atoms with van der Waals surface area (Å²) in [7, 11) is 2.57. The highest BCUT2D eigenvalue weighted by Crippen LogP contribution is 2.16. The van der Waals surface area contributed by atoms with E-state index in [4.69, 9.17) is 0 Å². The molecule has 0 unspecified atom stereocenters. The SMILES string of the molecule is COC(=O)c1cccc(C(=O)OC)c1.c1ccc(N=Nc2ccccc2)cc1. The first kappa shape index (κ1) is 20.5. The van der Waals surface area contributed by atoms with Crippen LogP contribution < -0.4 is 0 Å². The highest BCUT2D eigenvalue weighted by Gasteiger charge is 2.09. The molecule has 0 N–H and O–H groups in total. The maximum Gasteiger partial charge on any atom is 0.337 e. The number of nitrogens with zero attached hydrogens (tertiary/aromatic N) is 2. The largest absolute Gasteiger partial charge is 0.465 e. The molecule has 6 nitrogen and oxygen atoms in total. The molecule has 0 amide bonds. The molecule has 0 saturated heterocycles. The number of rotatable bonds is 4. The predicted octanol–water partition coefficient (Wildman–Crippen LogP) is 5.36. The maximum atomic E-state index is 11.1. The van der Waals surface area contributed by atoms with Gasteiger partial charge in [0.1, 0.15) is 0 Å². The van der Waals surface area contributed by atoms with Crippen LogP contribution in [0.5, 0.6) is 0 Å². The molecule has 0 aliphatic heterocycles. The molecule has 0 aromatic heterocycles. The second-order valence-corrected chi connectivity index (χ2v) is 5.44. The molecule has 0 bridgehead atoms. The average molecular weight is 376 g/mol. The lowest BCUT2D eigenvalue weighted by Gasteiger charge is -2.01. The molecule has 0 atom stereocenters. The lowest BCUT2D eigenvalue weighted by atomic mass is 10.1. The minimum Gasteiger partial charge on any atom is -0.465 e. The molecule has 0 aliphatic rings. The summed E-state index contributed by atoms with van der Waals surface area (Å²) in [5, 5.41) is 8.20. The van der Waals surface area contributed by atoms with E-state index in [1.54, 1.807) is 18.2 Å². The normalized spacial score (nSPS) is 9.93. The minimum atomic E-state index is -0.476. The summed E-state index contributed by atoms with van der Waals surface area (Å²) in [5.74, 6) is -0.952. The van der Waals surface area contributed by atoms with Gasteiger partial charge in [-0.2, -0.15) is 10.2 Å². The lowest BCUT2D eigenvalue weighted by molar-refractivity contribution is 0.0599. The molecule has 0 fully saturated rings. The standard InChI is InChI=1S/C12H10N2.C10H10O4/c1-3-7-11(8-4-1)13-14-12-9-5-2-6-10-12;1-13-9(11)7-4-3-5-8(6-7)10(12)14-2/h1-10H;3-6H,1-2H3. The number of ether oxygens (including phenoxy) is 2. The van der Waals surface area contributed by atoms with Gasteiger partial charge in [0.25, 0.3) is 0 Å². The summed E-state index contributed by atoms with van der Waals surface area (Å²) in [5.41, 5.74) is 2.40. The number of hydrogen-bond donors (Lipinski definition) is 0. The summed E-state index contributed by atoms with van der Waals surface area (Å²) >= 11 is 0. The maximum absolute atomic E-state index is 11.1. The van der Waals surface area contributed by atoms with Crippen LogP contribution in [-0.2, 0) is 9.47 Å². The molecule has 142 valence electrons. The Morgan fingerprint density at radius 1 is 0.607 bits per heavy atom. The zero-order chi connectivity index (χ0) is 20.2. The molecule has 3 aromatic rings. The number of carbonyl (C=O) groups is 2. The molecule has 0 heterocycles. The number of azo groups is 1. The zero-order valence-corrected chi connectivity index (χ0v) is 15.6. The zero-order valence-electron chi connectivity index (χ0n) is 15.6. The van der Waals surface area contributed by atoms with Crippen LogP contribution in [0.4, 0.5) is 11.4 Å². The first-order valence-corrected chi connectivity index (χ1v) is 8.42. The molecule has 0 radical (unpaired) electrons. The van der Waals surface area contributed by atoms with E-state index in [-0.39, 0.29) is 0 Å². The third-order valence-electron chi connectivity index (χ3n) is 3.50. The first-order chi connectivity index (χ1) is 13.6. The van der Waals surface area contributed by atoms with Crippen molar-refractivity contribution in [2.75, 3.05) is 14.2 Å². The third kappa shape index (κ3) is 6.49. The minimum absolute atomic E-state index is 0.329. The first-order valence-electron chi connectivity index (χ1n) is 8.42. The van der Waals surface area contributed by atoms with Crippen LogP contribution in [0.25, 0.3) is 0 Å². The van der Waals surface area contributed by atoms with Gasteiger partial charge in [0, 0.05) is 0 Å². The molecule has 0 saturated carbocycles. The molecule has 3 rings (SSSR count). The number of esters is 2. The van der Waals surface area contributed by atoms with Crippen molar-refractivity contribution in [1.82, 2.24) is 0 Å². The number of carbonyl (C=O) groups excluding carboxylic acids is 2. The van der Waals surface area contributed by atoms with Gasteiger partial charge in [-0.1, -0.05) is 42.5 Å². The summed E-state index contributed by atoms with van der Waals surface area (Å²) in [6.45, 7) is 0. The predicted molar refractivity (Wildman–Crippen MR) is 106 cm³/mol. The van der Waals surface area contributed by atoms with Crippen LogP contribution >= 0.6 is 0 Å². The van der Waals surface area contributed by atoms with Gasteiger partial charge in [-0.05, 0) is 42.5 Å². The molecular formula is C22H20N2O4. The molecule has 0 spiro atoms. The summed E-state index contributed by atoms with van der Waals surface area (Å²) in [6, 6.07) is 25.5. The Morgan fingerprint density at radius 2 is 1.00 bits per heavy atom. The Bertz CT molecular complexity index is 853. The van der Waals surface area contributed by atoms with Gasteiger partial charge in [-0.3, -0.25) is 0 Å². The number of methoxy groups -OCH3 is 2. The lowest BCUT2D eigenvalue weighted by Crippen LogP contribution is -2.05. The second kappa shape index (κ2) is 11.0. The van der Waals surface area contributed by atoms with Crippen LogP contribution in [0, 0.1) is 0 Å². The second-order valence-electron chi connectivity index (χ2n) is 5.44. The van der Waals surface area contributed by atoms with Crippen molar-refractivity contribution >= 4 is 23.3 Å². The van der Waals surface area contributed by atoms with Crippen molar-refractivity contribution in [2.45, 2.75) is 0 Å². The van der Waals surface area contributed by atoms with Crippen LogP contribution in [0.3, 0.4) is 0 Å². The van der Waals surface area contributed by atoms with Crippen molar-refractivity contribution in [2.24, 2.45) is 10.2 Å². The van der Waals surface area contributed by atoms with Gasteiger partial charge in [0.2, 0.25) is 0 Å². The van der Waals surface area contributed by atoms with E-state index < -0.39 is 11.9 Å². The van der Waals surface area contributed by atoms with Gasteiger partial charge in [-0.25, -0.2) is 9.59 Å². The summed E-state index contributed by atoms with van der Waals surface area (Å²) < 4.78 is 9.03. The van der Waals surface area contributed by atoms with Crippen molar-refractivity contribution in [1.29, 1.82) is 0 Å². The van der Waals surface area contributed by atoms with Crippen LogP contribution in [0.1, 0.15) is 20.7 Å². The van der Waals surface area contributed by atoms with Crippen LogP contribution in [0.2, 0.25) is 0 Å².